The molecule has 0 amide bonds. The van der Waals surface area contributed by atoms with Crippen molar-refractivity contribution in [2.45, 2.75) is 25.4 Å². The van der Waals surface area contributed by atoms with Crippen LogP contribution < -0.4 is 10.6 Å². The first-order valence-electron chi connectivity index (χ1n) is 6.51. The number of benzene rings is 1. The molecule has 100 valence electrons. The van der Waals surface area contributed by atoms with E-state index in [9.17, 15) is 0 Å². The van der Waals surface area contributed by atoms with Crippen molar-refractivity contribution < 1.29 is 0 Å². The molecule has 1 aliphatic heterocycles. The minimum absolute atomic E-state index is 0.605. The van der Waals surface area contributed by atoms with Gasteiger partial charge in [0, 0.05) is 35.8 Å². The molecule has 2 rings (SSSR count). The first kappa shape index (κ1) is 13.8. The summed E-state index contributed by atoms with van der Waals surface area (Å²) >= 11 is 3.57. The molecule has 1 aliphatic rings. The summed E-state index contributed by atoms with van der Waals surface area (Å²) in [6.45, 7) is 2.85. The molecule has 1 unspecified atom stereocenters. The highest BCUT2D eigenvalue weighted by atomic mass is 79.9. The van der Waals surface area contributed by atoms with E-state index in [2.05, 4.69) is 58.0 Å². The van der Waals surface area contributed by atoms with Gasteiger partial charge in [0.05, 0.1) is 0 Å². The van der Waals surface area contributed by atoms with Crippen LogP contribution in [-0.2, 0) is 6.54 Å². The van der Waals surface area contributed by atoms with Gasteiger partial charge >= 0.3 is 0 Å². The summed E-state index contributed by atoms with van der Waals surface area (Å²) in [5.41, 5.74) is 8.40. The first-order valence-corrected chi connectivity index (χ1v) is 7.31. The number of hydrogen-bond donors (Lipinski definition) is 1. The highest BCUT2D eigenvalue weighted by Crippen LogP contribution is 2.31. The number of nitrogens with two attached hydrogens (primary N) is 1. The number of nitrogens with zero attached hydrogens (tertiary/aromatic N) is 2. The van der Waals surface area contributed by atoms with Gasteiger partial charge in [-0.2, -0.15) is 0 Å². The Labute approximate surface area is 118 Å². The summed E-state index contributed by atoms with van der Waals surface area (Å²) in [7, 11) is 4.28. The lowest BCUT2D eigenvalue weighted by Crippen LogP contribution is -2.38. The SMILES string of the molecule is CN(C)CC1CCCN1c1cc(Br)ccc1CN. The summed E-state index contributed by atoms with van der Waals surface area (Å²) in [6.07, 6.45) is 2.55. The highest BCUT2D eigenvalue weighted by molar-refractivity contribution is 9.10. The molecule has 1 saturated heterocycles. The second-order valence-corrected chi connectivity index (χ2v) is 6.14. The van der Waals surface area contributed by atoms with E-state index in [0.29, 0.717) is 12.6 Å². The molecule has 1 fully saturated rings. The van der Waals surface area contributed by atoms with Crippen molar-refractivity contribution in [2.24, 2.45) is 5.73 Å². The molecule has 0 radical (unpaired) electrons. The van der Waals surface area contributed by atoms with Crippen molar-refractivity contribution in [3.63, 3.8) is 0 Å². The molecule has 18 heavy (non-hydrogen) atoms. The van der Waals surface area contributed by atoms with E-state index in [0.717, 1.165) is 17.6 Å². The van der Waals surface area contributed by atoms with Gasteiger partial charge in [-0.15, -0.1) is 0 Å². The fraction of sp³-hybridized carbons (Fsp3) is 0.571. The third-order valence-electron chi connectivity index (χ3n) is 3.53. The molecule has 0 saturated carbocycles. The molecule has 4 heteroatoms. The Kier molecular flexibility index (Phi) is 4.65. The third kappa shape index (κ3) is 3.05. The van der Waals surface area contributed by atoms with Gasteiger partial charge in [0.1, 0.15) is 0 Å². The Hall–Kier alpha value is -0.580. The third-order valence-corrected chi connectivity index (χ3v) is 4.02. The lowest BCUT2D eigenvalue weighted by molar-refractivity contribution is 0.372. The van der Waals surface area contributed by atoms with E-state index in [4.69, 9.17) is 5.73 Å². The number of halogens is 1. The van der Waals surface area contributed by atoms with Crippen molar-refractivity contribution in [1.29, 1.82) is 0 Å². The predicted octanol–water partition coefficient (Wildman–Crippen LogP) is 2.44. The normalized spacial score (nSPS) is 19.8. The van der Waals surface area contributed by atoms with Gasteiger partial charge in [0.2, 0.25) is 0 Å². The zero-order valence-corrected chi connectivity index (χ0v) is 12.8. The lowest BCUT2D eigenvalue weighted by atomic mass is 10.1. The molecule has 3 nitrogen and oxygen atoms in total. The summed E-state index contributed by atoms with van der Waals surface area (Å²) in [5.74, 6) is 0. The van der Waals surface area contributed by atoms with E-state index in [-0.39, 0.29) is 0 Å². The lowest BCUT2D eigenvalue weighted by Gasteiger charge is -2.30. The van der Waals surface area contributed by atoms with E-state index in [1.807, 2.05) is 0 Å². The Balaban J connectivity index is 2.26. The van der Waals surface area contributed by atoms with Gasteiger partial charge in [-0.3, -0.25) is 0 Å². The van der Waals surface area contributed by atoms with E-state index in [1.165, 1.54) is 24.1 Å². The molecule has 0 bridgehead atoms. The number of anilines is 1. The van der Waals surface area contributed by atoms with Gasteiger partial charge in [-0.05, 0) is 44.6 Å². The molecule has 1 aromatic carbocycles. The van der Waals surface area contributed by atoms with Gasteiger partial charge in [0.15, 0.2) is 0 Å². The minimum atomic E-state index is 0.605. The zero-order chi connectivity index (χ0) is 13.1. The van der Waals surface area contributed by atoms with Crippen LogP contribution in [0.25, 0.3) is 0 Å². The van der Waals surface area contributed by atoms with Crippen LogP contribution in [-0.4, -0.2) is 38.1 Å². The second-order valence-electron chi connectivity index (χ2n) is 5.23. The van der Waals surface area contributed by atoms with Crippen molar-refractivity contribution in [3.8, 4) is 0 Å². The van der Waals surface area contributed by atoms with E-state index in [1.54, 1.807) is 0 Å². The van der Waals surface area contributed by atoms with E-state index < -0.39 is 0 Å². The first-order chi connectivity index (χ1) is 8.61. The summed E-state index contributed by atoms with van der Waals surface area (Å²) < 4.78 is 1.13. The van der Waals surface area contributed by atoms with Crippen LogP contribution in [0.15, 0.2) is 22.7 Å². The molecule has 2 N–H and O–H groups in total. The van der Waals surface area contributed by atoms with Crippen LogP contribution in [0.3, 0.4) is 0 Å². The average molecular weight is 312 g/mol. The van der Waals surface area contributed by atoms with Gasteiger partial charge in [-0.25, -0.2) is 0 Å². The topological polar surface area (TPSA) is 32.5 Å². The minimum Gasteiger partial charge on any atom is -0.367 e. The van der Waals surface area contributed by atoms with Crippen molar-refractivity contribution in [3.05, 3.63) is 28.2 Å². The molecule has 0 aromatic heterocycles. The molecule has 0 aliphatic carbocycles. The zero-order valence-electron chi connectivity index (χ0n) is 11.2. The van der Waals surface area contributed by atoms with Crippen molar-refractivity contribution in [1.82, 2.24) is 4.90 Å². The maximum absolute atomic E-state index is 5.86. The van der Waals surface area contributed by atoms with Crippen LogP contribution in [0.4, 0.5) is 5.69 Å². The quantitative estimate of drug-likeness (QED) is 0.927. The van der Waals surface area contributed by atoms with Crippen molar-refractivity contribution >= 4 is 21.6 Å². The van der Waals surface area contributed by atoms with Gasteiger partial charge < -0.3 is 15.5 Å². The van der Waals surface area contributed by atoms with Crippen LogP contribution in [0.5, 0.6) is 0 Å². The second kappa shape index (κ2) is 6.04. The summed E-state index contributed by atoms with van der Waals surface area (Å²) in [6, 6.07) is 7.02. The number of likely N-dealkylation sites (N-methyl/N-ethyl adjacent to an activating group) is 1. The summed E-state index contributed by atoms with van der Waals surface area (Å²) in [4.78, 5) is 4.79. The molecule has 0 spiro atoms. The standard InChI is InChI=1S/C14H22BrN3/c1-17(2)10-13-4-3-7-18(13)14-8-12(15)6-5-11(14)9-16/h5-6,8,13H,3-4,7,9-10,16H2,1-2H3. The molecule has 1 heterocycles. The van der Waals surface area contributed by atoms with Gasteiger partial charge in [0.25, 0.3) is 0 Å². The molecule has 1 atom stereocenters. The largest absolute Gasteiger partial charge is 0.367 e. The van der Waals surface area contributed by atoms with Crippen molar-refractivity contribution in [2.75, 3.05) is 32.1 Å². The molecule has 1 aromatic rings. The summed E-state index contributed by atoms with van der Waals surface area (Å²) in [5, 5.41) is 0. The fourth-order valence-electron chi connectivity index (χ4n) is 2.74. The predicted molar refractivity (Wildman–Crippen MR) is 81.0 cm³/mol. The Morgan fingerprint density at radius 2 is 2.22 bits per heavy atom. The number of hydrogen-bond acceptors (Lipinski definition) is 3. The monoisotopic (exact) mass is 311 g/mol. The van der Waals surface area contributed by atoms with E-state index >= 15 is 0 Å². The Bertz CT molecular complexity index is 406. The molecular formula is C14H22BrN3. The average Bonchev–Trinajstić information content (AvgIpc) is 2.76. The fourth-order valence-corrected chi connectivity index (χ4v) is 3.09. The maximum Gasteiger partial charge on any atom is 0.0426 e. The smallest absolute Gasteiger partial charge is 0.0426 e. The maximum atomic E-state index is 5.86. The Morgan fingerprint density at radius 1 is 1.44 bits per heavy atom. The van der Waals surface area contributed by atoms with Crippen LogP contribution in [0, 0.1) is 0 Å². The molecular weight excluding hydrogens is 290 g/mol. The van der Waals surface area contributed by atoms with Crippen LogP contribution in [0.2, 0.25) is 0 Å². The van der Waals surface area contributed by atoms with Crippen LogP contribution in [0.1, 0.15) is 18.4 Å². The Morgan fingerprint density at radius 3 is 2.89 bits per heavy atom. The van der Waals surface area contributed by atoms with Crippen LogP contribution >= 0.6 is 15.9 Å². The van der Waals surface area contributed by atoms with Gasteiger partial charge in [-0.1, -0.05) is 22.0 Å². The highest BCUT2D eigenvalue weighted by Gasteiger charge is 2.26. The number of rotatable bonds is 4.